The van der Waals surface area contributed by atoms with Gasteiger partial charge in [0, 0.05) is 24.7 Å². The molecule has 2 rings (SSSR count). The van der Waals surface area contributed by atoms with Crippen molar-refractivity contribution in [3.63, 3.8) is 0 Å². The first-order chi connectivity index (χ1) is 14.3. The van der Waals surface area contributed by atoms with E-state index in [1.54, 1.807) is 6.92 Å². The number of carbonyl (C=O) groups excluding carboxylic acids is 2. The number of aliphatic hydroxyl groups is 1. The van der Waals surface area contributed by atoms with Gasteiger partial charge in [-0.05, 0) is 42.8 Å². The number of halogens is 2. The van der Waals surface area contributed by atoms with Crippen molar-refractivity contribution in [3.05, 3.63) is 66.0 Å². The molecule has 3 amide bonds. The van der Waals surface area contributed by atoms with Gasteiger partial charge in [-0.3, -0.25) is 4.79 Å². The van der Waals surface area contributed by atoms with Gasteiger partial charge in [0.2, 0.25) is 5.91 Å². The van der Waals surface area contributed by atoms with Crippen LogP contribution in [0.2, 0.25) is 0 Å². The van der Waals surface area contributed by atoms with Crippen LogP contribution in [0.5, 0.6) is 0 Å². The lowest BCUT2D eigenvalue weighted by molar-refractivity contribution is -0.129. The summed E-state index contributed by atoms with van der Waals surface area (Å²) in [5, 5.41) is 14.3. The number of benzene rings is 1. The van der Waals surface area contributed by atoms with Gasteiger partial charge in [-0.2, -0.15) is 0 Å². The molecule has 1 saturated heterocycles. The molecule has 0 spiro atoms. The fourth-order valence-corrected chi connectivity index (χ4v) is 3.10. The number of aliphatic hydroxyl groups excluding tert-OH is 1. The quantitative estimate of drug-likeness (QED) is 0.445. The molecule has 1 aromatic carbocycles. The lowest BCUT2D eigenvalue weighted by atomic mass is 9.92. The van der Waals surface area contributed by atoms with E-state index in [2.05, 4.69) is 17.2 Å². The van der Waals surface area contributed by atoms with E-state index in [1.807, 2.05) is 0 Å². The number of anilines is 1. The highest BCUT2D eigenvalue weighted by Gasteiger charge is 2.43. The summed E-state index contributed by atoms with van der Waals surface area (Å²) >= 11 is 0. The van der Waals surface area contributed by atoms with Gasteiger partial charge >= 0.3 is 6.03 Å². The molecule has 1 heterocycles. The maximum Gasteiger partial charge on any atom is 0.319 e. The fraction of sp³-hybridized carbons (Fsp3) is 0.333. The van der Waals surface area contributed by atoms with Crippen LogP contribution in [0.1, 0.15) is 6.92 Å². The van der Waals surface area contributed by atoms with E-state index in [1.165, 1.54) is 48.4 Å². The number of likely N-dealkylation sites (tertiary alicyclic amines) is 1. The van der Waals surface area contributed by atoms with Gasteiger partial charge in [0.1, 0.15) is 17.7 Å². The number of nitrogens with zero attached hydrogens (tertiary/aromatic N) is 1. The Morgan fingerprint density at radius 2 is 2.03 bits per heavy atom. The Hall–Kier alpha value is -3.20. The van der Waals surface area contributed by atoms with Crippen LogP contribution in [-0.2, 0) is 9.53 Å². The topological polar surface area (TPSA) is 90.9 Å². The first-order valence-electron chi connectivity index (χ1n) is 9.26. The van der Waals surface area contributed by atoms with Crippen molar-refractivity contribution in [1.29, 1.82) is 0 Å². The number of β-amino-alcohol motifs (C(OH)–C–C–N with tert-alkyl or cyclic N) is 1. The van der Waals surface area contributed by atoms with E-state index < -0.39 is 35.5 Å². The van der Waals surface area contributed by atoms with Gasteiger partial charge in [-0.1, -0.05) is 12.7 Å². The zero-order valence-electron chi connectivity index (χ0n) is 16.8. The minimum atomic E-state index is -1.08. The Balaban J connectivity index is 2.26. The van der Waals surface area contributed by atoms with Crippen LogP contribution in [-0.4, -0.2) is 54.8 Å². The molecule has 0 unspecified atom stereocenters. The van der Waals surface area contributed by atoms with Gasteiger partial charge in [0.05, 0.1) is 19.5 Å². The number of hydrogen-bond acceptors (Lipinski definition) is 4. The zero-order valence-corrected chi connectivity index (χ0v) is 16.8. The molecule has 7 nitrogen and oxygen atoms in total. The summed E-state index contributed by atoms with van der Waals surface area (Å²) in [6.45, 7) is 4.89. The first kappa shape index (κ1) is 23.1. The molecule has 0 aromatic heterocycles. The van der Waals surface area contributed by atoms with Crippen molar-refractivity contribution in [2.45, 2.75) is 13.0 Å². The van der Waals surface area contributed by atoms with Crippen LogP contribution in [0.4, 0.5) is 19.3 Å². The Kier molecular flexibility index (Phi) is 8.11. The Bertz CT molecular complexity index is 852. The third-order valence-electron chi connectivity index (χ3n) is 4.69. The van der Waals surface area contributed by atoms with Crippen molar-refractivity contribution >= 4 is 17.6 Å². The van der Waals surface area contributed by atoms with Crippen LogP contribution in [0.3, 0.4) is 0 Å². The predicted molar refractivity (Wildman–Crippen MR) is 109 cm³/mol. The van der Waals surface area contributed by atoms with Gasteiger partial charge in [-0.15, -0.1) is 0 Å². The number of rotatable bonds is 8. The second-order valence-corrected chi connectivity index (χ2v) is 6.71. The van der Waals surface area contributed by atoms with E-state index in [0.29, 0.717) is 11.4 Å². The SMILES string of the molecule is C=C(F)/C(=C\C=C(/C)OC)[C@@H]1CN(CCO)C(=O)[C@H]1NC(=O)Nc1ccc(F)cc1. The number of amides is 3. The minimum absolute atomic E-state index is 0.0477. The Labute approximate surface area is 173 Å². The Morgan fingerprint density at radius 3 is 2.60 bits per heavy atom. The second kappa shape index (κ2) is 10.5. The maximum atomic E-state index is 14.2. The standard InChI is InChI=1S/C21H25F2N3O4/c1-13(30-3)4-9-17(14(2)22)18-12-26(10-11-27)20(28)19(18)25-21(29)24-16-7-5-15(23)6-8-16/h4-9,18-19,27H,2,10-12H2,1,3H3,(H2,24,25,29)/b13-4+,17-9+/t18-,19-/m0/s1. The molecule has 1 fully saturated rings. The largest absolute Gasteiger partial charge is 0.501 e. The minimum Gasteiger partial charge on any atom is -0.501 e. The molecule has 1 aliphatic rings. The maximum absolute atomic E-state index is 14.2. The molecular formula is C21H25F2N3O4. The number of nitrogens with one attached hydrogen (secondary N) is 2. The lowest BCUT2D eigenvalue weighted by Gasteiger charge is -2.20. The van der Waals surface area contributed by atoms with Crippen LogP contribution in [0, 0.1) is 11.7 Å². The highest BCUT2D eigenvalue weighted by atomic mass is 19.1. The molecule has 3 N–H and O–H groups in total. The highest BCUT2D eigenvalue weighted by molar-refractivity contribution is 5.95. The number of urea groups is 1. The van der Waals surface area contributed by atoms with Crippen LogP contribution >= 0.6 is 0 Å². The van der Waals surface area contributed by atoms with Crippen LogP contribution in [0.15, 0.2) is 60.2 Å². The van der Waals surface area contributed by atoms with Gasteiger partial charge in [0.15, 0.2) is 0 Å². The second-order valence-electron chi connectivity index (χ2n) is 6.71. The van der Waals surface area contributed by atoms with Crippen molar-refractivity contribution < 1.29 is 28.2 Å². The van der Waals surface area contributed by atoms with E-state index in [9.17, 15) is 23.5 Å². The molecule has 162 valence electrons. The summed E-state index contributed by atoms with van der Waals surface area (Å²) in [6.07, 6.45) is 2.99. The molecule has 0 saturated carbocycles. The monoisotopic (exact) mass is 421 g/mol. The number of allylic oxidation sites excluding steroid dienone is 4. The number of methoxy groups -OCH3 is 1. The summed E-state index contributed by atoms with van der Waals surface area (Å²) in [6, 6.07) is 3.32. The third-order valence-corrected chi connectivity index (χ3v) is 4.69. The average molecular weight is 421 g/mol. The summed E-state index contributed by atoms with van der Waals surface area (Å²) in [5.74, 6) is -1.88. The van der Waals surface area contributed by atoms with Gasteiger partial charge in [-0.25, -0.2) is 13.6 Å². The fourth-order valence-electron chi connectivity index (χ4n) is 3.10. The smallest absolute Gasteiger partial charge is 0.319 e. The van der Waals surface area contributed by atoms with Gasteiger partial charge < -0.3 is 25.4 Å². The lowest BCUT2D eigenvalue weighted by Crippen LogP contribution is -2.46. The molecule has 2 atom stereocenters. The van der Waals surface area contributed by atoms with E-state index in [4.69, 9.17) is 4.74 Å². The molecule has 1 aromatic rings. The molecule has 0 radical (unpaired) electrons. The molecule has 0 bridgehead atoms. The number of ether oxygens (including phenoxy) is 1. The summed E-state index contributed by atoms with van der Waals surface area (Å²) in [5.41, 5.74) is 0.458. The van der Waals surface area contributed by atoms with Crippen molar-refractivity contribution in [2.24, 2.45) is 5.92 Å². The Morgan fingerprint density at radius 1 is 1.37 bits per heavy atom. The van der Waals surface area contributed by atoms with Crippen LogP contribution < -0.4 is 10.6 Å². The number of hydrogen-bond donors (Lipinski definition) is 3. The van der Waals surface area contributed by atoms with E-state index >= 15 is 0 Å². The average Bonchev–Trinajstić information content (AvgIpc) is 2.99. The van der Waals surface area contributed by atoms with Crippen LogP contribution in [0.25, 0.3) is 0 Å². The molecular weight excluding hydrogens is 396 g/mol. The van der Waals surface area contributed by atoms with Crippen molar-refractivity contribution in [1.82, 2.24) is 10.2 Å². The van der Waals surface area contributed by atoms with E-state index in [-0.39, 0.29) is 25.3 Å². The zero-order chi connectivity index (χ0) is 22.3. The summed E-state index contributed by atoms with van der Waals surface area (Å²) in [4.78, 5) is 26.5. The summed E-state index contributed by atoms with van der Waals surface area (Å²) < 4.78 is 32.3. The molecule has 1 aliphatic heterocycles. The van der Waals surface area contributed by atoms with Gasteiger partial charge in [0.25, 0.3) is 0 Å². The van der Waals surface area contributed by atoms with Crippen molar-refractivity contribution in [3.8, 4) is 0 Å². The molecule has 30 heavy (non-hydrogen) atoms. The summed E-state index contributed by atoms with van der Waals surface area (Å²) in [7, 11) is 1.47. The highest BCUT2D eigenvalue weighted by Crippen LogP contribution is 2.30. The molecule has 0 aliphatic carbocycles. The first-order valence-corrected chi connectivity index (χ1v) is 9.26. The number of carbonyl (C=O) groups is 2. The third kappa shape index (κ3) is 5.90. The predicted octanol–water partition coefficient (Wildman–Crippen LogP) is 2.73. The normalized spacial score (nSPS) is 19.6. The molecule has 9 heteroatoms. The van der Waals surface area contributed by atoms with E-state index in [0.717, 1.165) is 0 Å². The van der Waals surface area contributed by atoms with Crippen molar-refractivity contribution in [2.75, 3.05) is 32.1 Å².